The molecule has 0 aliphatic carbocycles. The predicted octanol–water partition coefficient (Wildman–Crippen LogP) is 1.78. The van der Waals surface area contributed by atoms with Crippen LogP contribution in [0.15, 0.2) is 6.20 Å². The number of aromatic nitrogens is 5. The molecule has 0 spiro atoms. The molecule has 0 radical (unpaired) electrons. The molecule has 0 amide bonds. The second-order valence-corrected chi connectivity index (χ2v) is 4.94. The molecule has 0 fully saturated rings. The maximum atomic E-state index is 6.28. The van der Waals surface area contributed by atoms with Gasteiger partial charge >= 0.3 is 0 Å². The van der Waals surface area contributed by atoms with Crippen LogP contribution in [0.1, 0.15) is 36.3 Å². The van der Waals surface area contributed by atoms with E-state index < -0.39 is 0 Å². The minimum absolute atomic E-state index is 0.0964. The Bertz CT molecular complexity index is 519. The van der Waals surface area contributed by atoms with Crippen LogP contribution in [-0.2, 0) is 13.5 Å². The summed E-state index contributed by atoms with van der Waals surface area (Å²) in [6, 6.07) is 0.0964. The molecule has 6 nitrogen and oxygen atoms in total. The Labute approximate surface area is 117 Å². The molecule has 0 saturated heterocycles. The summed E-state index contributed by atoms with van der Waals surface area (Å²) >= 11 is 6.28. The molecule has 0 saturated carbocycles. The van der Waals surface area contributed by atoms with Crippen LogP contribution >= 0.6 is 11.6 Å². The lowest BCUT2D eigenvalue weighted by molar-refractivity contribution is 0.516. The van der Waals surface area contributed by atoms with E-state index in [4.69, 9.17) is 11.6 Å². The van der Waals surface area contributed by atoms with Crippen LogP contribution in [0.25, 0.3) is 0 Å². The van der Waals surface area contributed by atoms with E-state index in [1.165, 1.54) is 0 Å². The van der Waals surface area contributed by atoms with Gasteiger partial charge in [-0.15, -0.1) is 0 Å². The smallest absolute Gasteiger partial charge is 0.130 e. The molecule has 0 bridgehead atoms. The highest BCUT2D eigenvalue weighted by Crippen LogP contribution is 2.24. The molecule has 19 heavy (non-hydrogen) atoms. The van der Waals surface area contributed by atoms with Gasteiger partial charge in [0.1, 0.15) is 5.15 Å². The lowest BCUT2D eigenvalue weighted by atomic mass is 10.0. The Morgan fingerprint density at radius 3 is 2.84 bits per heavy atom. The first-order valence-electron chi connectivity index (χ1n) is 6.40. The highest BCUT2D eigenvalue weighted by atomic mass is 35.5. The Hall–Kier alpha value is -1.40. The van der Waals surface area contributed by atoms with E-state index in [9.17, 15) is 0 Å². The Morgan fingerprint density at radius 1 is 1.53 bits per heavy atom. The number of H-pyrrole nitrogens is 1. The summed E-state index contributed by atoms with van der Waals surface area (Å²) in [5.41, 5.74) is 2.91. The standard InChI is InChI=1S/C12H19ClN6/c1-4-5-14-10(11-7-15-18-16-11)6-9-8(2)17-19(3)12(9)13/h7,10,14H,4-6H2,1-3H3,(H,15,16,18). The van der Waals surface area contributed by atoms with Crippen molar-refractivity contribution in [1.29, 1.82) is 0 Å². The highest BCUT2D eigenvalue weighted by Gasteiger charge is 2.19. The molecule has 1 atom stereocenters. The average molecular weight is 283 g/mol. The molecular formula is C12H19ClN6. The quantitative estimate of drug-likeness (QED) is 0.847. The minimum atomic E-state index is 0.0964. The van der Waals surface area contributed by atoms with E-state index in [0.717, 1.165) is 36.3 Å². The van der Waals surface area contributed by atoms with E-state index in [1.807, 2.05) is 14.0 Å². The Kier molecular flexibility index (Phi) is 4.55. The summed E-state index contributed by atoms with van der Waals surface area (Å²) in [4.78, 5) is 0. The average Bonchev–Trinajstić information content (AvgIpc) is 2.98. The van der Waals surface area contributed by atoms with Crippen molar-refractivity contribution in [2.24, 2.45) is 7.05 Å². The maximum Gasteiger partial charge on any atom is 0.130 e. The molecule has 0 aliphatic rings. The van der Waals surface area contributed by atoms with Gasteiger partial charge in [0, 0.05) is 12.6 Å². The molecular weight excluding hydrogens is 264 g/mol. The minimum Gasteiger partial charge on any atom is -0.308 e. The zero-order valence-electron chi connectivity index (χ0n) is 11.4. The summed E-state index contributed by atoms with van der Waals surface area (Å²) in [6.07, 6.45) is 3.56. The van der Waals surface area contributed by atoms with Crippen LogP contribution in [-0.4, -0.2) is 31.7 Å². The molecule has 7 heteroatoms. The molecule has 2 heterocycles. The fourth-order valence-electron chi connectivity index (χ4n) is 2.09. The SMILES string of the molecule is CCCNC(Cc1c(C)nn(C)c1Cl)c1cn[nH]n1. The van der Waals surface area contributed by atoms with Crippen molar-refractivity contribution in [3.8, 4) is 0 Å². The number of hydrogen-bond donors (Lipinski definition) is 2. The zero-order chi connectivity index (χ0) is 13.8. The summed E-state index contributed by atoms with van der Waals surface area (Å²) in [5.74, 6) is 0. The van der Waals surface area contributed by atoms with Crippen molar-refractivity contribution >= 4 is 11.6 Å². The molecule has 104 valence electrons. The molecule has 2 aromatic rings. The van der Waals surface area contributed by atoms with Crippen molar-refractivity contribution < 1.29 is 0 Å². The van der Waals surface area contributed by atoms with E-state index >= 15 is 0 Å². The van der Waals surface area contributed by atoms with Crippen LogP contribution in [0.2, 0.25) is 5.15 Å². The summed E-state index contributed by atoms with van der Waals surface area (Å²) < 4.78 is 1.70. The maximum absolute atomic E-state index is 6.28. The zero-order valence-corrected chi connectivity index (χ0v) is 12.2. The number of aromatic amines is 1. The Morgan fingerprint density at radius 2 is 2.32 bits per heavy atom. The van der Waals surface area contributed by atoms with Crippen LogP contribution in [0.5, 0.6) is 0 Å². The summed E-state index contributed by atoms with van der Waals surface area (Å²) in [7, 11) is 1.85. The van der Waals surface area contributed by atoms with Gasteiger partial charge in [-0.25, -0.2) is 0 Å². The first-order valence-corrected chi connectivity index (χ1v) is 6.78. The van der Waals surface area contributed by atoms with Gasteiger partial charge in [0.15, 0.2) is 0 Å². The summed E-state index contributed by atoms with van der Waals surface area (Å²) in [5, 5.41) is 19.2. The van der Waals surface area contributed by atoms with Gasteiger partial charge in [0.05, 0.1) is 23.6 Å². The fraction of sp³-hybridized carbons (Fsp3) is 0.583. The largest absolute Gasteiger partial charge is 0.308 e. The number of hydrogen-bond acceptors (Lipinski definition) is 4. The topological polar surface area (TPSA) is 71.4 Å². The van der Waals surface area contributed by atoms with Gasteiger partial charge in [-0.3, -0.25) is 4.68 Å². The first-order chi connectivity index (χ1) is 9.13. The number of nitrogens with one attached hydrogen (secondary N) is 2. The third-order valence-corrected chi connectivity index (χ3v) is 3.58. The Balaban J connectivity index is 2.20. The molecule has 2 rings (SSSR count). The lowest BCUT2D eigenvalue weighted by Gasteiger charge is -2.15. The van der Waals surface area contributed by atoms with Crippen LogP contribution in [0.3, 0.4) is 0 Å². The normalized spacial score (nSPS) is 12.8. The van der Waals surface area contributed by atoms with E-state index in [0.29, 0.717) is 5.15 Å². The van der Waals surface area contributed by atoms with Crippen molar-refractivity contribution in [3.05, 3.63) is 28.3 Å². The van der Waals surface area contributed by atoms with Crippen molar-refractivity contribution in [2.45, 2.75) is 32.7 Å². The van der Waals surface area contributed by atoms with Crippen molar-refractivity contribution in [2.75, 3.05) is 6.54 Å². The van der Waals surface area contributed by atoms with E-state index in [1.54, 1.807) is 10.9 Å². The lowest BCUT2D eigenvalue weighted by Crippen LogP contribution is -2.24. The highest BCUT2D eigenvalue weighted by molar-refractivity contribution is 6.30. The van der Waals surface area contributed by atoms with Gasteiger partial charge in [-0.1, -0.05) is 18.5 Å². The van der Waals surface area contributed by atoms with Crippen LogP contribution in [0.4, 0.5) is 0 Å². The van der Waals surface area contributed by atoms with Gasteiger partial charge in [-0.2, -0.15) is 20.5 Å². The monoisotopic (exact) mass is 282 g/mol. The molecule has 2 N–H and O–H groups in total. The van der Waals surface area contributed by atoms with Gasteiger partial charge in [0.25, 0.3) is 0 Å². The number of nitrogens with zero attached hydrogens (tertiary/aromatic N) is 4. The molecule has 0 aliphatic heterocycles. The predicted molar refractivity (Wildman–Crippen MR) is 74.1 cm³/mol. The third kappa shape index (κ3) is 3.13. The van der Waals surface area contributed by atoms with Crippen LogP contribution < -0.4 is 5.32 Å². The molecule has 0 aromatic carbocycles. The van der Waals surface area contributed by atoms with Gasteiger partial charge in [-0.05, 0) is 26.3 Å². The summed E-state index contributed by atoms with van der Waals surface area (Å²) in [6.45, 7) is 5.03. The molecule has 2 aromatic heterocycles. The third-order valence-electron chi connectivity index (χ3n) is 3.11. The first kappa shape index (κ1) is 14.0. The van der Waals surface area contributed by atoms with E-state index in [-0.39, 0.29) is 6.04 Å². The van der Waals surface area contributed by atoms with Crippen molar-refractivity contribution in [1.82, 2.24) is 30.5 Å². The molecule has 1 unspecified atom stereocenters. The van der Waals surface area contributed by atoms with Crippen LogP contribution in [0, 0.1) is 6.92 Å². The second-order valence-electron chi connectivity index (χ2n) is 4.58. The fourth-order valence-corrected chi connectivity index (χ4v) is 2.34. The van der Waals surface area contributed by atoms with Gasteiger partial charge < -0.3 is 5.32 Å². The van der Waals surface area contributed by atoms with Crippen molar-refractivity contribution in [3.63, 3.8) is 0 Å². The van der Waals surface area contributed by atoms with Gasteiger partial charge in [0.2, 0.25) is 0 Å². The number of aryl methyl sites for hydroxylation is 2. The van der Waals surface area contributed by atoms with E-state index in [2.05, 4.69) is 32.7 Å². The number of halogens is 1. The number of rotatable bonds is 6. The second kappa shape index (κ2) is 6.16.